The Hall–Kier alpha value is -2.21. The van der Waals surface area contributed by atoms with Gasteiger partial charge in [-0.15, -0.1) is 11.3 Å². The van der Waals surface area contributed by atoms with Crippen LogP contribution < -0.4 is 5.32 Å². The molecule has 0 saturated carbocycles. The molecule has 6 heteroatoms. The number of aromatic amines is 1. The number of hydrogen-bond acceptors (Lipinski definition) is 4. The first-order chi connectivity index (χ1) is 10.2. The number of H-pyrrole nitrogens is 1. The van der Waals surface area contributed by atoms with E-state index < -0.39 is 0 Å². The molecule has 1 aromatic carbocycles. The Bertz CT molecular complexity index is 777. The summed E-state index contributed by atoms with van der Waals surface area (Å²) in [6, 6.07) is 7.46. The molecule has 0 radical (unpaired) electrons. The van der Waals surface area contributed by atoms with Crippen LogP contribution >= 0.6 is 11.3 Å². The molecule has 0 bridgehead atoms. The maximum absolute atomic E-state index is 12.4. The van der Waals surface area contributed by atoms with Crippen molar-refractivity contribution in [2.45, 2.75) is 26.3 Å². The number of benzene rings is 1. The van der Waals surface area contributed by atoms with Crippen LogP contribution in [0.4, 0.5) is 0 Å². The van der Waals surface area contributed by atoms with E-state index in [1.54, 1.807) is 11.3 Å². The molecule has 3 aromatic rings. The molecule has 0 aliphatic heterocycles. The Kier molecular flexibility index (Phi) is 3.70. The lowest BCUT2D eigenvalue weighted by molar-refractivity contribution is 0.0936. The second-order valence-corrected chi connectivity index (χ2v) is 5.98. The Labute approximate surface area is 126 Å². The lowest BCUT2D eigenvalue weighted by Gasteiger charge is -2.09. The minimum Gasteiger partial charge on any atom is -0.342 e. The first-order valence-corrected chi connectivity index (χ1v) is 7.69. The largest absolute Gasteiger partial charge is 0.342 e. The summed E-state index contributed by atoms with van der Waals surface area (Å²) in [5, 5.41) is 11.7. The third-order valence-electron chi connectivity index (χ3n) is 3.32. The molecule has 0 aliphatic carbocycles. The zero-order chi connectivity index (χ0) is 14.8. The number of carbonyl (C=O) groups is 1. The van der Waals surface area contributed by atoms with Crippen LogP contribution in [0, 0.1) is 0 Å². The highest BCUT2D eigenvalue weighted by atomic mass is 32.1. The molecular weight excluding hydrogens is 284 g/mol. The maximum Gasteiger partial charge on any atom is 0.272 e. The molecule has 5 nitrogen and oxygen atoms in total. The number of aromatic nitrogens is 3. The fourth-order valence-corrected chi connectivity index (χ4v) is 3.01. The topological polar surface area (TPSA) is 70.7 Å². The summed E-state index contributed by atoms with van der Waals surface area (Å²) < 4.78 is 0. The minimum absolute atomic E-state index is 0.127. The van der Waals surface area contributed by atoms with E-state index in [0.29, 0.717) is 5.69 Å². The molecule has 0 spiro atoms. The van der Waals surface area contributed by atoms with E-state index in [9.17, 15) is 4.79 Å². The lowest BCUT2D eigenvalue weighted by Crippen LogP contribution is -2.27. The lowest BCUT2D eigenvalue weighted by atomic mass is 10.2. The fourth-order valence-electron chi connectivity index (χ4n) is 2.15. The van der Waals surface area contributed by atoms with Crippen molar-refractivity contribution in [3.8, 4) is 0 Å². The number of nitrogens with zero attached hydrogens (tertiary/aromatic N) is 2. The van der Waals surface area contributed by atoms with Crippen LogP contribution in [0.3, 0.4) is 0 Å². The average Bonchev–Trinajstić information content (AvgIpc) is 3.14. The monoisotopic (exact) mass is 300 g/mol. The zero-order valence-corrected chi connectivity index (χ0v) is 12.7. The van der Waals surface area contributed by atoms with Gasteiger partial charge in [0, 0.05) is 16.5 Å². The van der Waals surface area contributed by atoms with Crippen LogP contribution in [0.5, 0.6) is 0 Å². The summed E-state index contributed by atoms with van der Waals surface area (Å²) in [7, 11) is 0. The summed E-state index contributed by atoms with van der Waals surface area (Å²) in [5.41, 5.74) is 1.28. The van der Waals surface area contributed by atoms with Gasteiger partial charge >= 0.3 is 0 Å². The second-order valence-electron chi connectivity index (χ2n) is 4.83. The van der Waals surface area contributed by atoms with Gasteiger partial charge in [-0.2, -0.15) is 5.10 Å². The van der Waals surface area contributed by atoms with Gasteiger partial charge in [0.25, 0.3) is 5.91 Å². The Morgan fingerprint density at radius 2 is 2.24 bits per heavy atom. The molecule has 0 aliphatic rings. The average molecular weight is 300 g/mol. The number of fused-ring (bicyclic) bond motifs is 1. The third kappa shape index (κ3) is 2.67. The molecule has 1 amide bonds. The van der Waals surface area contributed by atoms with Crippen molar-refractivity contribution in [3.05, 3.63) is 46.0 Å². The molecule has 1 unspecified atom stereocenters. The Balaban J connectivity index is 1.79. The minimum atomic E-state index is -0.187. The number of aryl methyl sites for hydroxylation is 1. The second kappa shape index (κ2) is 5.65. The van der Waals surface area contributed by atoms with E-state index in [1.807, 2.05) is 37.4 Å². The van der Waals surface area contributed by atoms with Crippen molar-refractivity contribution in [2.75, 3.05) is 0 Å². The van der Waals surface area contributed by atoms with Gasteiger partial charge in [-0.1, -0.05) is 25.1 Å². The van der Waals surface area contributed by atoms with Crippen molar-refractivity contribution in [3.63, 3.8) is 0 Å². The van der Waals surface area contributed by atoms with Gasteiger partial charge in [-0.3, -0.25) is 9.89 Å². The highest BCUT2D eigenvalue weighted by Crippen LogP contribution is 2.21. The number of para-hydroxylation sites is 1. The first kappa shape index (κ1) is 13.8. The molecule has 2 aromatic heterocycles. The van der Waals surface area contributed by atoms with Gasteiger partial charge in [0.15, 0.2) is 5.69 Å². The first-order valence-electron chi connectivity index (χ1n) is 6.87. The number of carbonyl (C=O) groups excluding carboxylic acids is 1. The molecule has 108 valence electrons. The smallest absolute Gasteiger partial charge is 0.272 e. The SMILES string of the molecule is CCc1cnc(C(C)NC(=O)c2n[nH]c3ccccc23)s1. The van der Waals surface area contributed by atoms with Crippen LogP contribution in [-0.2, 0) is 6.42 Å². The number of thiazole rings is 1. The third-order valence-corrected chi connectivity index (χ3v) is 4.65. The van der Waals surface area contributed by atoms with Gasteiger partial charge in [0.2, 0.25) is 0 Å². The summed E-state index contributed by atoms with van der Waals surface area (Å²) in [5.74, 6) is -0.187. The highest BCUT2D eigenvalue weighted by molar-refractivity contribution is 7.11. The van der Waals surface area contributed by atoms with Gasteiger partial charge in [0.05, 0.1) is 11.6 Å². The van der Waals surface area contributed by atoms with Gasteiger partial charge in [-0.05, 0) is 19.4 Å². The van der Waals surface area contributed by atoms with Crippen molar-refractivity contribution in [2.24, 2.45) is 0 Å². The van der Waals surface area contributed by atoms with Crippen LogP contribution in [0.1, 0.15) is 40.3 Å². The van der Waals surface area contributed by atoms with Gasteiger partial charge in [-0.25, -0.2) is 4.98 Å². The molecule has 0 saturated heterocycles. The van der Waals surface area contributed by atoms with Crippen molar-refractivity contribution in [1.29, 1.82) is 0 Å². The number of rotatable bonds is 4. The van der Waals surface area contributed by atoms with E-state index in [2.05, 4.69) is 27.4 Å². The fraction of sp³-hybridized carbons (Fsp3) is 0.267. The summed E-state index contributed by atoms with van der Waals surface area (Å²) in [6.45, 7) is 4.03. The van der Waals surface area contributed by atoms with Crippen LogP contribution in [0.25, 0.3) is 10.9 Å². The molecule has 2 N–H and O–H groups in total. The van der Waals surface area contributed by atoms with Crippen molar-refractivity contribution < 1.29 is 4.79 Å². The summed E-state index contributed by atoms with van der Waals surface area (Å²) in [6.07, 6.45) is 2.83. The van der Waals surface area contributed by atoms with E-state index in [0.717, 1.165) is 22.3 Å². The summed E-state index contributed by atoms with van der Waals surface area (Å²) in [4.78, 5) is 17.9. The van der Waals surface area contributed by atoms with E-state index in [1.165, 1.54) is 4.88 Å². The van der Waals surface area contributed by atoms with Crippen molar-refractivity contribution >= 4 is 28.1 Å². The predicted octanol–water partition coefficient (Wildman–Crippen LogP) is 3.07. The molecule has 1 atom stereocenters. The number of amides is 1. The number of nitrogens with one attached hydrogen (secondary N) is 2. The van der Waals surface area contributed by atoms with E-state index in [-0.39, 0.29) is 11.9 Å². The molecular formula is C15H16N4OS. The Morgan fingerprint density at radius 1 is 1.43 bits per heavy atom. The zero-order valence-electron chi connectivity index (χ0n) is 11.9. The number of hydrogen-bond donors (Lipinski definition) is 2. The molecule has 2 heterocycles. The van der Waals surface area contributed by atoms with Gasteiger partial charge in [0.1, 0.15) is 5.01 Å². The highest BCUT2D eigenvalue weighted by Gasteiger charge is 2.18. The van der Waals surface area contributed by atoms with E-state index in [4.69, 9.17) is 0 Å². The quantitative estimate of drug-likeness (QED) is 0.778. The van der Waals surface area contributed by atoms with Crippen molar-refractivity contribution in [1.82, 2.24) is 20.5 Å². The van der Waals surface area contributed by atoms with Crippen LogP contribution in [0.15, 0.2) is 30.5 Å². The predicted molar refractivity (Wildman–Crippen MR) is 83.5 cm³/mol. The standard InChI is InChI=1S/C15H16N4OS/c1-3-10-8-16-15(21-10)9(2)17-14(20)13-11-6-4-5-7-12(11)18-19-13/h4-9H,3H2,1-2H3,(H,17,20)(H,18,19). The Morgan fingerprint density at radius 3 is 3.00 bits per heavy atom. The van der Waals surface area contributed by atoms with Gasteiger partial charge < -0.3 is 5.32 Å². The van der Waals surface area contributed by atoms with Crippen LogP contribution in [-0.4, -0.2) is 21.1 Å². The summed E-state index contributed by atoms with van der Waals surface area (Å²) >= 11 is 1.63. The van der Waals surface area contributed by atoms with E-state index >= 15 is 0 Å². The molecule has 3 rings (SSSR count). The molecule has 0 fully saturated rings. The van der Waals surface area contributed by atoms with Crippen LogP contribution in [0.2, 0.25) is 0 Å². The normalized spacial score (nSPS) is 12.5. The maximum atomic E-state index is 12.4. The molecule has 21 heavy (non-hydrogen) atoms.